The first kappa shape index (κ1) is 16.2. The molecule has 0 bridgehead atoms. The highest BCUT2D eigenvalue weighted by atomic mass is 15.1. The SMILES string of the molecule is CN(C)CCCN(C)CC(C)(CN)c1ccccc1. The Labute approximate surface area is 118 Å². The number of nitrogens with two attached hydrogens (primary N) is 1. The summed E-state index contributed by atoms with van der Waals surface area (Å²) in [6.45, 7) is 6.18. The molecule has 1 rings (SSSR count). The fourth-order valence-corrected chi connectivity index (χ4v) is 2.45. The van der Waals surface area contributed by atoms with Gasteiger partial charge >= 0.3 is 0 Å². The Morgan fingerprint density at radius 3 is 2.21 bits per heavy atom. The lowest BCUT2D eigenvalue weighted by atomic mass is 9.82. The van der Waals surface area contributed by atoms with Gasteiger partial charge in [-0.05, 0) is 46.2 Å². The molecule has 0 radical (unpaired) electrons. The maximum atomic E-state index is 6.03. The summed E-state index contributed by atoms with van der Waals surface area (Å²) in [5, 5.41) is 0. The molecule has 0 saturated heterocycles. The van der Waals surface area contributed by atoms with Gasteiger partial charge in [0.1, 0.15) is 0 Å². The van der Waals surface area contributed by atoms with E-state index in [9.17, 15) is 0 Å². The topological polar surface area (TPSA) is 32.5 Å². The number of hydrogen-bond acceptors (Lipinski definition) is 3. The molecule has 0 amide bonds. The van der Waals surface area contributed by atoms with Gasteiger partial charge in [-0.15, -0.1) is 0 Å². The zero-order valence-electron chi connectivity index (χ0n) is 12.9. The first-order chi connectivity index (χ1) is 8.98. The third-order valence-electron chi connectivity index (χ3n) is 3.69. The van der Waals surface area contributed by atoms with Crippen LogP contribution in [0.15, 0.2) is 30.3 Å². The van der Waals surface area contributed by atoms with E-state index in [-0.39, 0.29) is 5.41 Å². The number of nitrogens with zero attached hydrogens (tertiary/aromatic N) is 2. The van der Waals surface area contributed by atoms with Crippen LogP contribution < -0.4 is 5.73 Å². The minimum absolute atomic E-state index is 0.0358. The Kier molecular flexibility index (Phi) is 6.49. The molecule has 0 saturated carbocycles. The molecule has 3 nitrogen and oxygen atoms in total. The summed E-state index contributed by atoms with van der Waals surface area (Å²) in [6, 6.07) is 10.6. The lowest BCUT2D eigenvalue weighted by Gasteiger charge is -2.33. The van der Waals surface area contributed by atoms with E-state index in [1.807, 2.05) is 0 Å². The molecule has 3 heteroatoms. The number of rotatable bonds is 8. The van der Waals surface area contributed by atoms with Crippen LogP contribution in [-0.2, 0) is 5.41 Å². The summed E-state index contributed by atoms with van der Waals surface area (Å²) in [5.41, 5.74) is 7.40. The molecular formula is C16H29N3. The van der Waals surface area contributed by atoms with E-state index in [1.54, 1.807) is 0 Å². The van der Waals surface area contributed by atoms with Gasteiger partial charge in [0.05, 0.1) is 0 Å². The van der Waals surface area contributed by atoms with Crippen molar-refractivity contribution in [1.29, 1.82) is 0 Å². The molecule has 1 unspecified atom stereocenters. The maximum absolute atomic E-state index is 6.03. The molecule has 0 spiro atoms. The Morgan fingerprint density at radius 2 is 1.68 bits per heavy atom. The third-order valence-corrected chi connectivity index (χ3v) is 3.69. The van der Waals surface area contributed by atoms with Gasteiger partial charge in [0.25, 0.3) is 0 Å². The Morgan fingerprint density at radius 1 is 1.05 bits per heavy atom. The minimum atomic E-state index is 0.0358. The van der Waals surface area contributed by atoms with E-state index in [4.69, 9.17) is 5.73 Å². The standard InChI is InChI=1S/C16H29N3/c1-16(13-17,15-9-6-5-7-10-15)14-19(4)12-8-11-18(2)3/h5-7,9-10H,8,11-14,17H2,1-4H3. The van der Waals surface area contributed by atoms with Crippen molar-refractivity contribution in [3.05, 3.63) is 35.9 Å². The van der Waals surface area contributed by atoms with Gasteiger partial charge in [-0.25, -0.2) is 0 Å². The second kappa shape index (κ2) is 7.63. The Hall–Kier alpha value is -0.900. The molecular weight excluding hydrogens is 234 g/mol. The monoisotopic (exact) mass is 263 g/mol. The molecule has 108 valence electrons. The van der Waals surface area contributed by atoms with Crippen LogP contribution in [0.5, 0.6) is 0 Å². The number of benzene rings is 1. The Bertz CT molecular complexity index is 350. The second-order valence-corrected chi connectivity index (χ2v) is 6.03. The molecule has 19 heavy (non-hydrogen) atoms. The van der Waals surface area contributed by atoms with Crippen molar-refractivity contribution < 1.29 is 0 Å². The predicted molar refractivity (Wildman–Crippen MR) is 83.5 cm³/mol. The first-order valence-corrected chi connectivity index (χ1v) is 7.07. The first-order valence-electron chi connectivity index (χ1n) is 7.07. The van der Waals surface area contributed by atoms with Crippen LogP contribution in [0.3, 0.4) is 0 Å². The summed E-state index contributed by atoms with van der Waals surface area (Å²) in [6.07, 6.45) is 1.19. The molecule has 2 N–H and O–H groups in total. The molecule has 0 aliphatic carbocycles. The van der Waals surface area contributed by atoms with Crippen molar-refractivity contribution in [3.63, 3.8) is 0 Å². The molecule has 1 aromatic carbocycles. The average molecular weight is 263 g/mol. The van der Waals surface area contributed by atoms with Crippen LogP contribution in [-0.4, -0.2) is 57.1 Å². The normalized spacial score (nSPS) is 14.9. The van der Waals surface area contributed by atoms with Crippen molar-refractivity contribution in [2.75, 3.05) is 47.3 Å². The average Bonchev–Trinajstić information content (AvgIpc) is 2.39. The number of likely N-dealkylation sites (N-methyl/N-ethyl adjacent to an activating group) is 1. The summed E-state index contributed by atoms with van der Waals surface area (Å²) in [5.74, 6) is 0. The summed E-state index contributed by atoms with van der Waals surface area (Å²) in [7, 11) is 6.43. The zero-order valence-corrected chi connectivity index (χ0v) is 12.9. The van der Waals surface area contributed by atoms with Crippen LogP contribution in [0.25, 0.3) is 0 Å². The molecule has 1 atom stereocenters. The van der Waals surface area contributed by atoms with Crippen molar-refractivity contribution in [2.24, 2.45) is 5.73 Å². The quantitative estimate of drug-likeness (QED) is 0.776. The maximum Gasteiger partial charge on any atom is 0.0174 e. The van der Waals surface area contributed by atoms with Crippen molar-refractivity contribution in [1.82, 2.24) is 9.80 Å². The van der Waals surface area contributed by atoms with E-state index in [0.717, 1.165) is 19.6 Å². The third kappa shape index (κ3) is 5.31. The van der Waals surface area contributed by atoms with E-state index < -0.39 is 0 Å². The Balaban J connectivity index is 2.56. The minimum Gasteiger partial charge on any atom is -0.330 e. The lowest BCUT2D eigenvalue weighted by Crippen LogP contribution is -2.43. The van der Waals surface area contributed by atoms with Crippen LogP contribution in [0.2, 0.25) is 0 Å². The highest BCUT2D eigenvalue weighted by molar-refractivity contribution is 5.25. The van der Waals surface area contributed by atoms with Gasteiger partial charge in [0, 0.05) is 18.5 Å². The predicted octanol–water partition coefficient (Wildman–Crippen LogP) is 1.79. The lowest BCUT2D eigenvalue weighted by molar-refractivity contribution is 0.245. The van der Waals surface area contributed by atoms with Gasteiger partial charge in [-0.3, -0.25) is 0 Å². The van der Waals surface area contributed by atoms with Gasteiger partial charge in [0.15, 0.2) is 0 Å². The molecule has 0 fully saturated rings. The highest BCUT2D eigenvalue weighted by Gasteiger charge is 2.26. The van der Waals surface area contributed by atoms with Gasteiger partial charge < -0.3 is 15.5 Å². The molecule has 0 heterocycles. The van der Waals surface area contributed by atoms with Crippen LogP contribution in [0.4, 0.5) is 0 Å². The fourth-order valence-electron chi connectivity index (χ4n) is 2.45. The van der Waals surface area contributed by atoms with E-state index in [1.165, 1.54) is 12.0 Å². The smallest absolute Gasteiger partial charge is 0.0174 e. The van der Waals surface area contributed by atoms with E-state index in [0.29, 0.717) is 6.54 Å². The molecule has 0 aliphatic rings. The van der Waals surface area contributed by atoms with E-state index in [2.05, 4.69) is 68.2 Å². The van der Waals surface area contributed by atoms with E-state index >= 15 is 0 Å². The second-order valence-electron chi connectivity index (χ2n) is 6.03. The van der Waals surface area contributed by atoms with Crippen molar-refractivity contribution in [3.8, 4) is 0 Å². The summed E-state index contributed by atoms with van der Waals surface area (Å²) in [4.78, 5) is 4.62. The molecule has 1 aromatic rings. The highest BCUT2D eigenvalue weighted by Crippen LogP contribution is 2.23. The summed E-state index contributed by atoms with van der Waals surface area (Å²) >= 11 is 0. The van der Waals surface area contributed by atoms with Crippen LogP contribution >= 0.6 is 0 Å². The van der Waals surface area contributed by atoms with Crippen molar-refractivity contribution >= 4 is 0 Å². The largest absolute Gasteiger partial charge is 0.330 e. The molecule has 0 aliphatic heterocycles. The van der Waals surface area contributed by atoms with Gasteiger partial charge in [-0.1, -0.05) is 37.3 Å². The summed E-state index contributed by atoms with van der Waals surface area (Å²) < 4.78 is 0. The fraction of sp³-hybridized carbons (Fsp3) is 0.625. The van der Waals surface area contributed by atoms with Crippen molar-refractivity contribution in [2.45, 2.75) is 18.8 Å². The molecule has 0 aromatic heterocycles. The number of hydrogen-bond donors (Lipinski definition) is 1. The van der Waals surface area contributed by atoms with Crippen LogP contribution in [0.1, 0.15) is 18.9 Å². The van der Waals surface area contributed by atoms with Gasteiger partial charge in [0.2, 0.25) is 0 Å². The zero-order chi connectivity index (χ0) is 14.3. The van der Waals surface area contributed by atoms with Crippen LogP contribution in [0, 0.1) is 0 Å². The van der Waals surface area contributed by atoms with Gasteiger partial charge in [-0.2, -0.15) is 0 Å².